The van der Waals surface area contributed by atoms with E-state index in [4.69, 9.17) is 5.11 Å². The second-order valence-corrected chi connectivity index (χ2v) is 5.78. The van der Waals surface area contributed by atoms with E-state index in [1.165, 1.54) is 6.07 Å². The van der Waals surface area contributed by atoms with Crippen molar-refractivity contribution in [2.24, 2.45) is 0 Å². The molecular formula is C13H15BrFN3O2. The molecule has 1 unspecified atom stereocenters. The van der Waals surface area contributed by atoms with Crippen LogP contribution in [0.15, 0.2) is 16.6 Å². The third-order valence-corrected chi connectivity index (χ3v) is 3.44. The van der Waals surface area contributed by atoms with E-state index in [0.717, 1.165) is 0 Å². The van der Waals surface area contributed by atoms with Gasteiger partial charge in [0.05, 0.1) is 11.6 Å². The summed E-state index contributed by atoms with van der Waals surface area (Å²) in [5.74, 6) is 0.0620. The lowest BCUT2D eigenvalue weighted by atomic mass is 10.2. The zero-order valence-electron chi connectivity index (χ0n) is 11.3. The molecule has 5 nitrogen and oxygen atoms in total. The molecule has 1 atom stereocenters. The van der Waals surface area contributed by atoms with Crippen LogP contribution < -0.4 is 5.32 Å². The van der Waals surface area contributed by atoms with Crippen molar-refractivity contribution in [1.29, 1.82) is 0 Å². The minimum Gasteiger partial charge on any atom is -0.465 e. The second kappa shape index (κ2) is 5.40. The van der Waals surface area contributed by atoms with Crippen LogP contribution in [0.25, 0.3) is 11.0 Å². The highest BCUT2D eigenvalue weighted by molar-refractivity contribution is 9.10. The summed E-state index contributed by atoms with van der Waals surface area (Å²) in [7, 11) is 0. The Morgan fingerprint density at radius 1 is 1.45 bits per heavy atom. The lowest BCUT2D eigenvalue weighted by molar-refractivity contribution is 0.190. The number of nitrogens with zero attached hydrogens (tertiary/aromatic N) is 2. The van der Waals surface area contributed by atoms with Gasteiger partial charge in [0.2, 0.25) is 0 Å². The van der Waals surface area contributed by atoms with E-state index in [2.05, 4.69) is 26.2 Å². The number of aromatic nitrogens is 2. The SMILES string of the molecule is CC(NC(=O)O)c1nc2c(F)cc(Br)cc2n1C(C)C. The maximum absolute atomic E-state index is 14.0. The van der Waals surface area contributed by atoms with Crippen LogP contribution >= 0.6 is 15.9 Å². The van der Waals surface area contributed by atoms with Gasteiger partial charge in [0.25, 0.3) is 0 Å². The first kappa shape index (κ1) is 14.8. The van der Waals surface area contributed by atoms with Gasteiger partial charge in [-0.15, -0.1) is 0 Å². The van der Waals surface area contributed by atoms with Crippen LogP contribution in [0.1, 0.15) is 38.7 Å². The Kier molecular flexibility index (Phi) is 3.99. The number of rotatable bonds is 3. The first-order valence-electron chi connectivity index (χ1n) is 6.17. The van der Waals surface area contributed by atoms with Gasteiger partial charge in [-0.3, -0.25) is 0 Å². The van der Waals surface area contributed by atoms with Crippen LogP contribution in [-0.4, -0.2) is 20.8 Å². The summed E-state index contributed by atoms with van der Waals surface area (Å²) in [5.41, 5.74) is 0.886. The van der Waals surface area contributed by atoms with Gasteiger partial charge in [-0.05, 0) is 32.9 Å². The van der Waals surface area contributed by atoms with Crippen LogP contribution in [0, 0.1) is 5.82 Å². The molecule has 1 amide bonds. The monoisotopic (exact) mass is 343 g/mol. The van der Waals surface area contributed by atoms with Crippen LogP contribution in [0.5, 0.6) is 0 Å². The summed E-state index contributed by atoms with van der Waals surface area (Å²) in [6.45, 7) is 5.56. The molecule has 20 heavy (non-hydrogen) atoms. The van der Waals surface area contributed by atoms with Gasteiger partial charge in [-0.2, -0.15) is 0 Å². The van der Waals surface area contributed by atoms with Crippen molar-refractivity contribution in [1.82, 2.24) is 14.9 Å². The van der Waals surface area contributed by atoms with E-state index in [0.29, 0.717) is 15.8 Å². The number of benzene rings is 1. The fraction of sp³-hybridized carbons (Fsp3) is 0.385. The van der Waals surface area contributed by atoms with E-state index in [1.54, 1.807) is 13.0 Å². The molecule has 2 aromatic rings. The van der Waals surface area contributed by atoms with E-state index in [1.807, 2.05) is 18.4 Å². The zero-order chi connectivity index (χ0) is 15.0. The molecule has 108 valence electrons. The molecule has 2 N–H and O–H groups in total. The molecule has 0 spiro atoms. The van der Waals surface area contributed by atoms with Crippen molar-refractivity contribution < 1.29 is 14.3 Å². The van der Waals surface area contributed by atoms with Crippen molar-refractivity contribution in [2.75, 3.05) is 0 Å². The van der Waals surface area contributed by atoms with Crippen LogP contribution in [0.2, 0.25) is 0 Å². The molecule has 0 saturated carbocycles. The van der Waals surface area contributed by atoms with E-state index in [9.17, 15) is 9.18 Å². The van der Waals surface area contributed by atoms with Gasteiger partial charge in [-0.1, -0.05) is 15.9 Å². The molecule has 0 aliphatic heterocycles. The average molecular weight is 344 g/mol. The van der Waals surface area contributed by atoms with Crippen LogP contribution in [0.3, 0.4) is 0 Å². The fourth-order valence-electron chi connectivity index (χ4n) is 2.24. The molecule has 1 aromatic heterocycles. The summed E-state index contributed by atoms with van der Waals surface area (Å²) in [5, 5.41) is 11.2. The van der Waals surface area contributed by atoms with Gasteiger partial charge in [-0.25, -0.2) is 14.2 Å². The predicted octanol–water partition coefficient (Wildman–Crippen LogP) is 3.85. The van der Waals surface area contributed by atoms with Crippen molar-refractivity contribution in [2.45, 2.75) is 32.9 Å². The molecule has 0 bridgehead atoms. The Bertz CT molecular complexity index is 669. The van der Waals surface area contributed by atoms with Crippen molar-refractivity contribution in [3.05, 3.63) is 28.2 Å². The van der Waals surface area contributed by atoms with Crippen molar-refractivity contribution >= 4 is 33.1 Å². The van der Waals surface area contributed by atoms with Crippen molar-refractivity contribution in [3.8, 4) is 0 Å². The smallest absolute Gasteiger partial charge is 0.405 e. The number of carbonyl (C=O) groups is 1. The Hall–Kier alpha value is -1.63. The molecule has 0 saturated heterocycles. The summed E-state index contributed by atoms with van der Waals surface area (Å²) >= 11 is 3.26. The van der Waals surface area contributed by atoms with E-state index < -0.39 is 18.0 Å². The highest BCUT2D eigenvalue weighted by Crippen LogP contribution is 2.29. The number of hydrogen-bond donors (Lipinski definition) is 2. The third kappa shape index (κ3) is 2.63. The highest BCUT2D eigenvalue weighted by Gasteiger charge is 2.21. The number of amides is 1. The number of carboxylic acid groups (broad SMARTS) is 1. The lowest BCUT2D eigenvalue weighted by Crippen LogP contribution is -2.27. The second-order valence-electron chi connectivity index (χ2n) is 4.86. The van der Waals surface area contributed by atoms with Crippen LogP contribution in [-0.2, 0) is 0 Å². The van der Waals surface area contributed by atoms with E-state index >= 15 is 0 Å². The lowest BCUT2D eigenvalue weighted by Gasteiger charge is -2.17. The molecule has 0 radical (unpaired) electrons. The zero-order valence-corrected chi connectivity index (χ0v) is 12.9. The summed E-state index contributed by atoms with van der Waals surface area (Å²) in [6, 6.07) is 2.63. The number of fused-ring (bicyclic) bond motifs is 1. The topological polar surface area (TPSA) is 67.2 Å². The quantitative estimate of drug-likeness (QED) is 0.889. The van der Waals surface area contributed by atoms with Crippen molar-refractivity contribution in [3.63, 3.8) is 0 Å². The predicted molar refractivity (Wildman–Crippen MR) is 77.4 cm³/mol. The van der Waals surface area contributed by atoms with Crippen LogP contribution in [0.4, 0.5) is 9.18 Å². The third-order valence-electron chi connectivity index (χ3n) is 2.98. The Morgan fingerprint density at radius 2 is 2.10 bits per heavy atom. The largest absolute Gasteiger partial charge is 0.465 e. The fourth-order valence-corrected chi connectivity index (χ4v) is 2.65. The molecule has 1 heterocycles. The number of halogens is 2. The minimum atomic E-state index is -1.14. The highest BCUT2D eigenvalue weighted by atomic mass is 79.9. The number of imidazole rings is 1. The Morgan fingerprint density at radius 3 is 2.65 bits per heavy atom. The molecule has 2 rings (SSSR count). The number of nitrogens with one attached hydrogen (secondary N) is 1. The summed E-state index contributed by atoms with van der Waals surface area (Å²) in [6.07, 6.45) is -1.14. The van der Waals surface area contributed by atoms with Gasteiger partial charge >= 0.3 is 6.09 Å². The maximum Gasteiger partial charge on any atom is 0.405 e. The standard InChI is InChI=1S/C13H15BrFN3O2/c1-6(2)18-10-5-8(14)4-9(15)11(10)17-12(18)7(3)16-13(19)20/h4-7,16H,1-3H3,(H,19,20). The molecular weight excluding hydrogens is 329 g/mol. The molecule has 7 heteroatoms. The minimum absolute atomic E-state index is 0.0294. The molecule has 0 aliphatic carbocycles. The van der Waals surface area contributed by atoms with Gasteiger partial charge in [0.1, 0.15) is 11.3 Å². The molecule has 1 aromatic carbocycles. The Balaban J connectivity index is 2.68. The first-order chi connectivity index (χ1) is 9.31. The van der Waals surface area contributed by atoms with Gasteiger partial charge in [0, 0.05) is 10.5 Å². The summed E-state index contributed by atoms with van der Waals surface area (Å²) in [4.78, 5) is 15.0. The molecule has 0 fully saturated rings. The molecule has 0 aliphatic rings. The maximum atomic E-state index is 14.0. The number of hydrogen-bond acceptors (Lipinski definition) is 2. The summed E-state index contributed by atoms with van der Waals surface area (Å²) < 4.78 is 16.4. The normalized spacial score (nSPS) is 12.9. The van der Waals surface area contributed by atoms with Gasteiger partial charge < -0.3 is 15.0 Å². The first-order valence-corrected chi connectivity index (χ1v) is 6.97. The van der Waals surface area contributed by atoms with Gasteiger partial charge in [0.15, 0.2) is 5.82 Å². The van der Waals surface area contributed by atoms with E-state index in [-0.39, 0.29) is 11.6 Å². The average Bonchev–Trinajstić information content (AvgIpc) is 2.67. The Labute approximate surface area is 123 Å².